The largest absolute Gasteiger partial charge is 4.00 e. The zero-order valence-corrected chi connectivity index (χ0v) is 39.6. The fourth-order valence-corrected chi connectivity index (χ4v) is 3.04. The van der Waals surface area contributed by atoms with E-state index in [4.69, 9.17) is 81.7 Å². The molecule has 65 heavy (non-hydrogen) atoms. The Morgan fingerprint density at radius 1 is 0.292 bits per heavy atom. The number of aliphatic hydroxyl groups excluding tert-OH is 16. The predicted octanol–water partition coefficient (Wildman–Crippen LogP) is -14.5. The Morgan fingerprint density at radius 3 is 0.385 bits per heavy atom. The number of aliphatic hydroxyl groups is 16. The molecule has 28 nitrogen and oxygen atoms in total. The van der Waals surface area contributed by atoms with Crippen LogP contribution in [0.4, 0.5) is 0 Å². The van der Waals surface area contributed by atoms with Gasteiger partial charge in [-0.25, -0.2) is 0 Å². The van der Waals surface area contributed by atoms with Crippen LogP contribution in [-0.4, -0.2) is 307 Å². The van der Waals surface area contributed by atoms with Crippen LogP contribution in [0.2, 0.25) is 0 Å². The maximum absolute atomic E-state index is 9.34. The first kappa shape index (κ1) is 82.9. The Bertz CT molecular complexity index is 751. The van der Waals surface area contributed by atoms with Crippen molar-refractivity contribution in [3.05, 3.63) is 0 Å². The zero-order valence-electron chi connectivity index (χ0n) is 38.0. The molecular weight excluding hydrogens is 920 g/mol. The van der Waals surface area contributed by atoms with Crippen LogP contribution in [0.15, 0.2) is 0 Å². The van der Waals surface area contributed by atoms with E-state index < -0.39 is 48.3 Å². The Balaban J connectivity index is -0.0000000795. The number of carboxylic acids is 4. The number of aliphatic carboxylic acids is 4. The predicted molar refractivity (Wildman–Crippen MR) is 218 cm³/mol. The van der Waals surface area contributed by atoms with E-state index in [0.717, 1.165) is 27.7 Å². The van der Waals surface area contributed by atoms with E-state index in [1.54, 1.807) is 19.6 Å². The molecular formula is C36H80N4O24Ti. The first-order valence-electron chi connectivity index (χ1n) is 19.7. The number of carboxylic acid groups (broad SMARTS) is 4. The van der Waals surface area contributed by atoms with E-state index in [2.05, 4.69) is 0 Å². The van der Waals surface area contributed by atoms with E-state index in [0.29, 0.717) is 78.5 Å². The minimum absolute atomic E-state index is 0. The van der Waals surface area contributed by atoms with Gasteiger partial charge in [0.2, 0.25) is 0 Å². The first-order valence-corrected chi connectivity index (χ1v) is 19.7. The molecule has 0 heterocycles. The van der Waals surface area contributed by atoms with Crippen molar-refractivity contribution in [2.45, 2.75) is 52.1 Å². The average molecular weight is 1000 g/mol. The number of rotatable bonds is 28. The van der Waals surface area contributed by atoms with E-state index in [1.807, 2.05) is 0 Å². The van der Waals surface area contributed by atoms with E-state index in [-0.39, 0.29) is 101 Å². The van der Waals surface area contributed by atoms with Crippen molar-refractivity contribution in [3.8, 4) is 0 Å². The van der Waals surface area contributed by atoms with Crippen LogP contribution in [0.1, 0.15) is 27.7 Å². The van der Waals surface area contributed by atoms with Gasteiger partial charge in [-0.15, -0.1) is 0 Å². The molecule has 0 aromatic carbocycles. The van der Waals surface area contributed by atoms with Gasteiger partial charge < -0.3 is 121 Å². The molecule has 4 unspecified atom stereocenters. The summed E-state index contributed by atoms with van der Waals surface area (Å²) in [6.45, 7) is 11.6. The molecule has 0 rings (SSSR count). The summed E-state index contributed by atoms with van der Waals surface area (Å²) in [6, 6.07) is 0. The second-order valence-electron chi connectivity index (χ2n) is 12.0. The SMILES string of the molecule is CC(O)C(=O)[O-].CC(O)C(=O)[O-].CC(O)C(=O)[O-].CC(O)C(=O)[O-].OCCN(CCO)CCO.OCCN(CCO)CCO.OCCN(CCO)CCO.OCCN(CCO)CCO.[Ti+4]. The molecule has 0 spiro atoms. The molecule has 0 aromatic heterocycles. The molecule has 29 heteroatoms. The molecule has 0 aliphatic heterocycles. The molecule has 4 atom stereocenters. The van der Waals surface area contributed by atoms with E-state index in [9.17, 15) is 39.6 Å². The van der Waals surface area contributed by atoms with Gasteiger partial charge >= 0.3 is 21.7 Å². The average Bonchev–Trinajstić information content (AvgIpc) is 3.21. The van der Waals surface area contributed by atoms with Crippen molar-refractivity contribution in [2.24, 2.45) is 0 Å². The van der Waals surface area contributed by atoms with Crippen molar-refractivity contribution >= 4 is 23.9 Å². The minimum Gasteiger partial charge on any atom is -0.547 e. The van der Waals surface area contributed by atoms with Crippen LogP contribution < -0.4 is 20.4 Å². The standard InChI is InChI=1S/4C6H15NO3.4C3H6O3.Ti/c4*8-4-1-7(2-5-9)3-6-10;4*1-2(4)3(5)6;/h4*8-10H,1-6H2;4*2,4H,1H3,(H,5,6);/q;;;;;;;;+4/p-4. The Hall–Kier alpha value is -2.21. The molecule has 0 amide bonds. The van der Waals surface area contributed by atoms with Crippen molar-refractivity contribution in [1.82, 2.24) is 19.6 Å². The molecule has 392 valence electrons. The van der Waals surface area contributed by atoms with Crippen molar-refractivity contribution in [1.29, 1.82) is 0 Å². The van der Waals surface area contributed by atoms with Gasteiger partial charge in [-0.1, -0.05) is 0 Å². The van der Waals surface area contributed by atoms with Crippen molar-refractivity contribution in [3.63, 3.8) is 0 Å². The third kappa shape index (κ3) is 89.1. The van der Waals surface area contributed by atoms with Crippen LogP contribution in [0.3, 0.4) is 0 Å². The van der Waals surface area contributed by atoms with Gasteiger partial charge in [0.05, 0.1) is 128 Å². The van der Waals surface area contributed by atoms with Gasteiger partial charge in [0, 0.05) is 78.5 Å². The third-order valence-corrected chi connectivity index (χ3v) is 6.36. The van der Waals surface area contributed by atoms with Crippen molar-refractivity contribution in [2.75, 3.05) is 158 Å². The molecule has 0 radical (unpaired) electrons. The second-order valence-corrected chi connectivity index (χ2v) is 12.0. The summed E-state index contributed by atoms with van der Waals surface area (Å²) < 4.78 is 0. The number of carbonyl (C=O) groups excluding carboxylic acids is 4. The molecule has 0 saturated carbocycles. The molecule has 0 aliphatic rings. The summed E-state index contributed by atoms with van der Waals surface area (Å²) in [6.07, 6.45) is -5.37. The monoisotopic (exact) mass is 1000 g/mol. The fraction of sp³-hybridized carbons (Fsp3) is 0.889. The maximum Gasteiger partial charge on any atom is 4.00 e. The molecule has 0 aliphatic carbocycles. The van der Waals surface area contributed by atoms with Gasteiger partial charge in [-0.05, 0) is 27.7 Å². The number of carbonyl (C=O) groups is 4. The normalized spacial score (nSPS) is 11.7. The van der Waals surface area contributed by atoms with E-state index >= 15 is 0 Å². The molecule has 16 N–H and O–H groups in total. The van der Waals surface area contributed by atoms with Crippen LogP contribution in [0.5, 0.6) is 0 Å². The number of hydrogen-bond donors (Lipinski definition) is 16. The Morgan fingerprint density at radius 2 is 0.354 bits per heavy atom. The summed E-state index contributed by atoms with van der Waals surface area (Å²) in [5.41, 5.74) is 0. The fourth-order valence-electron chi connectivity index (χ4n) is 3.04. The molecule has 0 aromatic rings. The Labute approximate surface area is 395 Å². The molecule has 0 fully saturated rings. The summed E-state index contributed by atoms with van der Waals surface area (Å²) in [5, 5.41) is 171. The summed E-state index contributed by atoms with van der Waals surface area (Å²) >= 11 is 0. The molecule has 0 bridgehead atoms. The zero-order chi connectivity index (χ0) is 51.9. The van der Waals surface area contributed by atoms with Crippen LogP contribution >= 0.6 is 0 Å². The van der Waals surface area contributed by atoms with Gasteiger partial charge in [0.1, 0.15) is 0 Å². The van der Waals surface area contributed by atoms with Crippen LogP contribution in [0, 0.1) is 0 Å². The van der Waals surface area contributed by atoms with Crippen molar-refractivity contribution < 1.29 is 143 Å². The maximum atomic E-state index is 9.34. The van der Waals surface area contributed by atoms with Gasteiger partial charge in [-0.3, -0.25) is 19.6 Å². The minimum atomic E-state index is -1.44. The molecule has 0 saturated heterocycles. The summed E-state index contributed by atoms with van der Waals surface area (Å²) in [7, 11) is 0. The van der Waals surface area contributed by atoms with Gasteiger partial charge in [0.15, 0.2) is 0 Å². The number of hydrogen-bond acceptors (Lipinski definition) is 28. The number of nitrogens with zero attached hydrogens (tertiary/aromatic N) is 4. The van der Waals surface area contributed by atoms with Crippen LogP contribution in [-0.2, 0) is 40.9 Å². The Kier molecular flexibility index (Phi) is 87.2. The topological polar surface area (TPSA) is 497 Å². The first-order chi connectivity index (χ1) is 30.0. The third-order valence-electron chi connectivity index (χ3n) is 6.36. The summed E-state index contributed by atoms with van der Waals surface area (Å²) in [4.78, 5) is 44.5. The smallest absolute Gasteiger partial charge is 0.547 e. The quantitative estimate of drug-likeness (QED) is 0.0324. The second kappa shape index (κ2) is 68.4. The van der Waals surface area contributed by atoms with E-state index in [1.165, 1.54) is 0 Å². The van der Waals surface area contributed by atoms with Gasteiger partial charge in [0.25, 0.3) is 0 Å². The van der Waals surface area contributed by atoms with Crippen LogP contribution in [0.25, 0.3) is 0 Å². The summed E-state index contributed by atoms with van der Waals surface area (Å²) in [5.74, 6) is -5.74. The van der Waals surface area contributed by atoms with Gasteiger partial charge in [-0.2, -0.15) is 0 Å².